The normalized spacial score (nSPS) is 10.2. The fourth-order valence-electron chi connectivity index (χ4n) is 2.47. The molecule has 0 aliphatic carbocycles. The van der Waals surface area contributed by atoms with Gasteiger partial charge in [0, 0.05) is 16.5 Å². The molecular weight excluding hydrogens is 433 g/mol. The number of carbonyl (C=O) groups is 2. The van der Waals surface area contributed by atoms with Crippen LogP contribution in [-0.2, 0) is 16.0 Å². The van der Waals surface area contributed by atoms with E-state index in [0.717, 1.165) is 16.7 Å². The molecule has 2 rings (SSSR count). The van der Waals surface area contributed by atoms with Crippen molar-refractivity contribution in [1.29, 1.82) is 0 Å². The standard InChI is InChI=1S/C20H21Cl2N3O3S/c1-12-9-15(10-13(2)19(12)22)28-11-18(27)24-25-20(29)23-17(26)8-7-14-5-3-4-6-16(14)21/h3-6,9-10H,7-8,11H2,1-2H3,(H,24,27)(H2,23,25,26,29). The van der Waals surface area contributed by atoms with Crippen molar-refractivity contribution < 1.29 is 14.3 Å². The number of hydrazine groups is 1. The lowest BCUT2D eigenvalue weighted by Crippen LogP contribution is -2.49. The molecule has 0 aromatic heterocycles. The van der Waals surface area contributed by atoms with Gasteiger partial charge in [0.2, 0.25) is 5.91 Å². The molecule has 0 saturated carbocycles. The molecule has 0 radical (unpaired) electrons. The predicted octanol–water partition coefficient (Wildman–Crippen LogP) is 3.64. The lowest BCUT2D eigenvalue weighted by molar-refractivity contribution is -0.124. The second-order valence-electron chi connectivity index (χ2n) is 6.30. The van der Waals surface area contributed by atoms with Gasteiger partial charge >= 0.3 is 0 Å². The third kappa shape index (κ3) is 7.53. The van der Waals surface area contributed by atoms with Crippen molar-refractivity contribution in [2.75, 3.05) is 6.61 Å². The number of thiocarbonyl (C=S) groups is 1. The molecule has 9 heteroatoms. The first kappa shape index (κ1) is 22.9. The first-order valence-electron chi connectivity index (χ1n) is 8.78. The van der Waals surface area contributed by atoms with E-state index in [-0.39, 0.29) is 24.0 Å². The summed E-state index contributed by atoms with van der Waals surface area (Å²) in [5.74, 6) is -0.210. The highest BCUT2D eigenvalue weighted by atomic mass is 35.5. The van der Waals surface area contributed by atoms with E-state index >= 15 is 0 Å². The molecule has 0 aliphatic rings. The molecule has 2 amide bonds. The summed E-state index contributed by atoms with van der Waals surface area (Å²) < 4.78 is 5.44. The SMILES string of the molecule is Cc1cc(OCC(=O)NNC(=S)NC(=O)CCc2ccccc2Cl)cc(C)c1Cl. The maximum atomic E-state index is 12.0. The molecular formula is C20H21Cl2N3O3S. The molecule has 0 fully saturated rings. The smallest absolute Gasteiger partial charge is 0.276 e. The number of benzene rings is 2. The summed E-state index contributed by atoms with van der Waals surface area (Å²) in [6.45, 7) is 3.49. The van der Waals surface area contributed by atoms with Crippen molar-refractivity contribution in [3.63, 3.8) is 0 Å². The maximum Gasteiger partial charge on any atom is 0.276 e. The minimum absolute atomic E-state index is 0.0132. The van der Waals surface area contributed by atoms with Gasteiger partial charge in [0.1, 0.15) is 5.75 Å². The molecule has 29 heavy (non-hydrogen) atoms. The average Bonchev–Trinajstić information content (AvgIpc) is 2.68. The molecule has 0 unspecified atom stereocenters. The lowest BCUT2D eigenvalue weighted by Gasteiger charge is -2.12. The van der Waals surface area contributed by atoms with Gasteiger partial charge in [-0.2, -0.15) is 0 Å². The molecule has 2 aromatic carbocycles. The minimum Gasteiger partial charge on any atom is -0.484 e. The summed E-state index contributed by atoms with van der Waals surface area (Å²) in [5, 5.41) is 3.75. The fourth-order valence-corrected chi connectivity index (χ4v) is 2.97. The number of carbonyl (C=O) groups excluding carboxylic acids is 2. The zero-order chi connectivity index (χ0) is 21.4. The summed E-state index contributed by atoms with van der Waals surface area (Å²) in [4.78, 5) is 23.8. The van der Waals surface area contributed by atoms with E-state index in [1.54, 1.807) is 18.2 Å². The number of ether oxygens (including phenoxy) is 1. The van der Waals surface area contributed by atoms with E-state index < -0.39 is 5.91 Å². The Morgan fingerprint density at radius 1 is 1.03 bits per heavy atom. The molecule has 6 nitrogen and oxygen atoms in total. The molecule has 154 valence electrons. The Hall–Kier alpha value is -2.35. The summed E-state index contributed by atoms with van der Waals surface area (Å²) in [5.41, 5.74) is 7.43. The van der Waals surface area contributed by atoms with E-state index in [4.69, 9.17) is 40.2 Å². The van der Waals surface area contributed by atoms with E-state index in [1.165, 1.54) is 0 Å². The number of halogens is 2. The van der Waals surface area contributed by atoms with Gasteiger partial charge in [-0.1, -0.05) is 41.4 Å². The highest BCUT2D eigenvalue weighted by Gasteiger charge is 2.09. The Morgan fingerprint density at radius 2 is 1.69 bits per heavy atom. The topological polar surface area (TPSA) is 79.5 Å². The van der Waals surface area contributed by atoms with Crippen LogP contribution in [0.4, 0.5) is 0 Å². The van der Waals surface area contributed by atoms with Crippen LogP contribution in [0.25, 0.3) is 0 Å². The van der Waals surface area contributed by atoms with E-state index in [1.807, 2.05) is 32.0 Å². The van der Waals surface area contributed by atoms with Crippen LogP contribution >= 0.6 is 35.4 Å². The molecule has 2 aromatic rings. The Labute approximate surface area is 184 Å². The van der Waals surface area contributed by atoms with Crippen LogP contribution in [-0.4, -0.2) is 23.5 Å². The minimum atomic E-state index is -0.456. The fraction of sp³-hybridized carbons (Fsp3) is 0.250. The van der Waals surface area contributed by atoms with Gasteiger partial charge in [0.05, 0.1) is 0 Å². The zero-order valence-corrected chi connectivity index (χ0v) is 18.3. The van der Waals surface area contributed by atoms with E-state index in [0.29, 0.717) is 22.2 Å². The lowest BCUT2D eigenvalue weighted by atomic mass is 10.1. The monoisotopic (exact) mass is 453 g/mol. The Morgan fingerprint density at radius 3 is 2.34 bits per heavy atom. The van der Waals surface area contributed by atoms with Gasteiger partial charge in [0.25, 0.3) is 5.91 Å². The van der Waals surface area contributed by atoms with E-state index in [9.17, 15) is 9.59 Å². The Balaban J connectivity index is 1.69. The highest BCUT2D eigenvalue weighted by Crippen LogP contribution is 2.25. The molecule has 0 spiro atoms. The average molecular weight is 454 g/mol. The van der Waals surface area contributed by atoms with Crippen LogP contribution < -0.4 is 20.9 Å². The van der Waals surface area contributed by atoms with E-state index in [2.05, 4.69) is 16.2 Å². The van der Waals surface area contributed by atoms with Gasteiger partial charge in [-0.15, -0.1) is 0 Å². The van der Waals surface area contributed by atoms with Crippen molar-refractivity contribution >= 4 is 52.3 Å². The first-order valence-corrected chi connectivity index (χ1v) is 9.94. The number of hydrogen-bond acceptors (Lipinski definition) is 4. The van der Waals surface area contributed by atoms with Crippen molar-refractivity contribution in [3.05, 3.63) is 63.1 Å². The van der Waals surface area contributed by atoms with Crippen LogP contribution in [0.5, 0.6) is 5.75 Å². The van der Waals surface area contributed by atoms with Crippen LogP contribution in [0.2, 0.25) is 10.0 Å². The molecule has 0 heterocycles. The molecule has 0 aliphatic heterocycles. The predicted molar refractivity (Wildman–Crippen MR) is 118 cm³/mol. The Kier molecular flexibility index (Phi) is 8.70. The second-order valence-corrected chi connectivity index (χ2v) is 7.50. The largest absolute Gasteiger partial charge is 0.484 e. The van der Waals surface area contributed by atoms with Crippen LogP contribution in [0.15, 0.2) is 36.4 Å². The Bertz CT molecular complexity index is 899. The quantitative estimate of drug-likeness (QED) is 0.459. The van der Waals surface area contributed by atoms with Gasteiger partial charge in [-0.3, -0.25) is 20.4 Å². The molecule has 0 atom stereocenters. The van der Waals surface area contributed by atoms with Crippen LogP contribution in [0.1, 0.15) is 23.1 Å². The summed E-state index contributed by atoms with van der Waals surface area (Å²) in [6, 6.07) is 10.8. The van der Waals surface area contributed by atoms with Crippen molar-refractivity contribution in [2.45, 2.75) is 26.7 Å². The molecule has 0 saturated heterocycles. The molecule has 0 bridgehead atoms. The summed E-state index contributed by atoms with van der Waals surface area (Å²) in [7, 11) is 0. The molecule has 3 N–H and O–H groups in total. The second kappa shape index (κ2) is 11.0. The van der Waals surface area contributed by atoms with Gasteiger partial charge < -0.3 is 10.1 Å². The number of nitrogens with one attached hydrogen (secondary N) is 3. The number of rotatable bonds is 6. The van der Waals surface area contributed by atoms with Crippen LogP contribution in [0, 0.1) is 13.8 Å². The van der Waals surface area contributed by atoms with Crippen molar-refractivity contribution in [3.8, 4) is 5.75 Å². The van der Waals surface area contributed by atoms with Gasteiger partial charge in [-0.25, -0.2) is 0 Å². The first-order chi connectivity index (χ1) is 13.8. The van der Waals surface area contributed by atoms with Gasteiger partial charge in [-0.05, 0) is 67.4 Å². The van der Waals surface area contributed by atoms with Gasteiger partial charge in [0.15, 0.2) is 11.7 Å². The number of amides is 2. The van der Waals surface area contributed by atoms with Crippen molar-refractivity contribution in [2.24, 2.45) is 0 Å². The summed E-state index contributed by atoms with van der Waals surface area (Å²) >= 11 is 17.2. The van der Waals surface area contributed by atoms with Crippen LogP contribution in [0.3, 0.4) is 0 Å². The van der Waals surface area contributed by atoms with Crippen molar-refractivity contribution in [1.82, 2.24) is 16.2 Å². The maximum absolute atomic E-state index is 12.0. The number of hydrogen-bond donors (Lipinski definition) is 3. The zero-order valence-electron chi connectivity index (χ0n) is 16.0. The summed E-state index contributed by atoms with van der Waals surface area (Å²) in [6.07, 6.45) is 0.687. The third-order valence-electron chi connectivity index (χ3n) is 3.93. The highest BCUT2D eigenvalue weighted by molar-refractivity contribution is 7.80. The third-order valence-corrected chi connectivity index (χ3v) is 5.10. The number of aryl methyl sites for hydroxylation is 3.